The van der Waals surface area contributed by atoms with Gasteiger partial charge in [-0.05, 0) is 18.9 Å². The number of aromatic amines is 1. The van der Waals surface area contributed by atoms with Crippen LogP contribution in [0.2, 0.25) is 0 Å². The summed E-state index contributed by atoms with van der Waals surface area (Å²) in [6.07, 6.45) is 5.94. The highest BCUT2D eigenvalue weighted by Gasteiger charge is 2.21. The van der Waals surface area contributed by atoms with Gasteiger partial charge in [-0.25, -0.2) is 0 Å². The summed E-state index contributed by atoms with van der Waals surface area (Å²) in [7, 11) is 0. The Morgan fingerprint density at radius 1 is 1.33 bits per heavy atom. The Hall–Kier alpha value is -1.32. The highest BCUT2D eigenvalue weighted by Crippen LogP contribution is 2.21. The third-order valence-electron chi connectivity index (χ3n) is 3.56. The van der Waals surface area contributed by atoms with Gasteiger partial charge in [0, 0.05) is 17.2 Å². The average molecular weight is 249 g/mol. The predicted octanol–water partition coefficient (Wildman–Crippen LogP) is 2.77. The topological polar surface area (TPSA) is 57.8 Å². The molecule has 0 radical (unpaired) electrons. The Balaban J connectivity index is 1.98. The summed E-state index contributed by atoms with van der Waals surface area (Å²) < 4.78 is 0. The van der Waals surface area contributed by atoms with Gasteiger partial charge in [-0.3, -0.25) is 9.89 Å². The molecule has 1 aliphatic rings. The number of hydrogen-bond donors (Lipinski definition) is 2. The summed E-state index contributed by atoms with van der Waals surface area (Å²) in [6, 6.07) is 2.19. The maximum absolute atomic E-state index is 12.1. The van der Waals surface area contributed by atoms with Crippen molar-refractivity contribution in [2.24, 2.45) is 0 Å². The zero-order chi connectivity index (χ0) is 13.2. The number of H-pyrrole nitrogens is 1. The summed E-state index contributed by atoms with van der Waals surface area (Å²) in [5.41, 5.74) is 1.50. The molecule has 1 amide bonds. The molecule has 1 aliphatic carbocycles. The molecule has 4 nitrogen and oxygen atoms in total. The van der Waals surface area contributed by atoms with Gasteiger partial charge in [0.15, 0.2) is 0 Å². The van der Waals surface area contributed by atoms with E-state index < -0.39 is 0 Å². The summed E-state index contributed by atoms with van der Waals surface area (Å²) in [5, 5.41) is 10.1. The largest absolute Gasteiger partial charge is 0.348 e. The Morgan fingerprint density at radius 3 is 2.56 bits per heavy atom. The second-order valence-corrected chi connectivity index (χ2v) is 6.23. The Labute approximate surface area is 109 Å². The fraction of sp³-hybridized carbons (Fsp3) is 0.714. The molecule has 0 atom stereocenters. The predicted molar refractivity (Wildman–Crippen MR) is 71.6 cm³/mol. The fourth-order valence-corrected chi connectivity index (χ4v) is 2.33. The van der Waals surface area contributed by atoms with E-state index in [0.29, 0.717) is 11.7 Å². The van der Waals surface area contributed by atoms with Crippen LogP contribution in [0.15, 0.2) is 6.07 Å². The van der Waals surface area contributed by atoms with E-state index in [9.17, 15) is 4.79 Å². The van der Waals surface area contributed by atoms with Crippen LogP contribution >= 0.6 is 0 Å². The summed E-state index contributed by atoms with van der Waals surface area (Å²) >= 11 is 0. The highest BCUT2D eigenvalue weighted by atomic mass is 16.2. The maximum atomic E-state index is 12.1. The number of nitrogens with zero attached hydrogens (tertiary/aromatic N) is 1. The minimum Gasteiger partial charge on any atom is -0.348 e. The highest BCUT2D eigenvalue weighted by molar-refractivity contribution is 5.92. The zero-order valence-corrected chi connectivity index (χ0v) is 11.5. The lowest BCUT2D eigenvalue weighted by molar-refractivity contribution is 0.0922. The Kier molecular flexibility index (Phi) is 3.73. The van der Waals surface area contributed by atoms with E-state index in [1.165, 1.54) is 19.3 Å². The van der Waals surface area contributed by atoms with Crippen molar-refractivity contribution in [3.8, 4) is 0 Å². The fourth-order valence-electron chi connectivity index (χ4n) is 2.33. The SMILES string of the molecule is CC(C)(C)c1cc(C(=O)NC2CCCCC2)n[nH]1. The third-order valence-corrected chi connectivity index (χ3v) is 3.56. The van der Waals surface area contributed by atoms with Gasteiger partial charge in [0.1, 0.15) is 5.69 Å². The number of nitrogens with one attached hydrogen (secondary N) is 2. The van der Waals surface area contributed by atoms with Gasteiger partial charge in [0.05, 0.1) is 0 Å². The standard InChI is InChI=1S/C14H23N3O/c1-14(2,3)12-9-11(16-17-12)13(18)15-10-7-5-4-6-8-10/h9-10H,4-8H2,1-3H3,(H,15,18)(H,16,17). The van der Waals surface area contributed by atoms with Crippen LogP contribution in [0.25, 0.3) is 0 Å². The van der Waals surface area contributed by atoms with Gasteiger partial charge < -0.3 is 5.32 Å². The van der Waals surface area contributed by atoms with Crippen molar-refractivity contribution in [2.75, 3.05) is 0 Å². The number of amides is 1. The van der Waals surface area contributed by atoms with Gasteiger partial charge in [-0.1, -0.05) is 40.0 Å². The van der Waals surface area contributed by atoms with Crippen molar-refractivity contribution in [3.05, 3.63) is 17.5 Å². The molecule has 0 aliphatic heterocycles. The molecule has 0 aromatic carbocycles. The monoisotopic (exact) mass is 249 g/mol. The van der Waals surface area contributed by atoms with E-state index in [1.54, 1.807) is 0 Å². The Morgan fingerprint density at radius 2 is 2.00 bits per heavy atom. The van der Waals surface area contributed by atoms with E-state index in [2.05, 4.69) is 36.3 Å². The Bertz CT molecular complexity index is 411. The molecule has 0 unspecified atom stereocenters. The maximum Gasteiger partial charge on any atom is 0.271 e. The van der Waals surface area contributed by atoms with Gasteiger partial charge in [0.25, 0.3) is 5.91 Å². The first-order valence-corrected chi connectivity index (χ1v) is 6.83. The van der Waals surface area contributed by atoms with E-state index in [0.717, 1.165) is 18.5 Å². The number of carbonyl (C=O) groups excluding carboxylic acids is 1. The molecule has 0 spiro atoms. The molecule has 4 heteroatoms. The average Bonchev–Trinajstić information content (AvgIpc) is 2.79. The molecule has 1 aromatic heterocycles. The molecule has 2 rings (SSSR count). The minimum atomic E-state index is -0.0475. The van der Waals surface area contributed by atoms with Gasteiger partial charge in [-0.15, -0.1) is 0 Å². The van der Waals surface area contributed by atoms with Crippen molar-refractivity contribution in [2.45, 2.75) is 64.3 Å². The number of hydrogen-bond acceptors (Lipinski definition) is 2. The molecular weight excluding hydrogens is 226 g/mol. The molecule has 18 heavy (non-hydrogen) atoms. The molecule has 1 aromatic rings. The molecule has 0 saturated heterocycles. The van der Waals surface area contributed by atoms with Crippen LogP contribution in [0.4, 0.5) is 0 Å². The third kappa shape index (κ3) is 3.12. The van der Waals surface area contributed by atoms with Crippen LogP contribution in [-0.2, 0) is 5.41 Å². The minimum absolute atomic E-state index is 0.00360. The van der Waals surface area contributed by atoms with E-state index in [1.807, 2.05) is 6.07 Å². The molecule has 1 fully saturated rings. The lowest BCUT2D eigenvalue weighted by Gasteiger charge is -2.22. The van der Waals surface area contributed by atoms with Crippen LogP contribution in [0.1, 0.15) is 69.1 Å². The van der Waals surface area contributed by atoms with Crippen molar-refractivity contribution in [1.29, 1.82) is 0 Å². The number of rotatable bonds is 2. The normalized spacial score (nSPS) is 17.7. The smallest absolute Gasteiger partial charge is 0.271 e. The first kappa shape index (κ1) is 13.1. The van der Waals surface area contributed by atoms with Crippen LogP contribution < -0.4 is 5.32 Å². The quantitative estimate of drug-likeness (QED) is 0.846. The second kappa shape index (κ2) is 5.12. The first-order chi connectivity index (χ1) is 8.47. The van der Waals surface area contributed by atoms with Crippen LogP contribution in [0.5, 0.6) is 0 Å². The lowest BCUT2D eigenvalue weighted by Crippen LogP contribution is -2.36. The van der Waals surface area contributed by atoms with Gasteiger partial charge in [-0.2, -0.15) is 5.10 Å². The van der Waals surface area contributed by atoms with Crippen molar-refractivity contribution < 1.29 is 4.79 Å². The molecular formula is C14H23N3O. The molecule has 0 bridgehead atoms. The van der Waals surface area contributed by atoms with E-state index >= 15 is 0 Å². The van der Waals surface area contributed by atoms with Gasteiger partial charge in [0.2, 0.25) is 0 Å². The molecule has 2 N–H and O–H groups in total. The molecule has 1 saturated carbocycles. The van der Waals surface area contributed by atoms with Crippen LogP contribution in [-0.4, -0.2) is 22.1 Å². The van der Waals surface area contributed by atoms with E-state index in [-0.39, 0.29) is 11.3 Å². The van der Waals surface area contributed by atoms with Crippen LogP contribution in [0, 0.1) is 0 Å². The van der Waals surface area contributed by atoms with E-state index in [4.69, 9.17) is 0 Å². The van der Waals surface area contributed by atoms with Gasteiger partial charge >= 0.3 is 0 Å². The summed E-state index contributed by atoms with van der Waals surface area (Å²) in [4.78, 5) is 12.1. The van der Waals surface area contributed by atoms with Crippen molar-refractivity contribution in [1.82, 2.24) is 15.5 Å². The summed E-state index contributed by atoms with van der Waals surface area (Å²) in [5.74, 6) is -0.0475. The molecule has 100 valence electrons. The van der Waals surface area contributed by atoms with Crippen molar-refractivity contribution >= 4 is 5.91 Å². The van der Waals surface area contributed by atoms with Crippen LogP contribution in [0.3, 0.4) is 0 Å². The number of carbonyl (C=O) groups is 1. The summed E-state index contributed by atoms with van der Waals surface area (Å²) in [6.45, 7) is 6.30. The first-order valence-electron chi connectivity index (χ1n) is 6.83. The number of aromatic nitrogens is 2. The zero-order valence-electron chi connectivity index (χ0n) is 11.5. The van der Waals surface area contributed by atoms with Crippen molar-refractivity contribution in [3.63, 3.8) is 0 Å². The second-order valence-electron chi connectivity index (χ2n) is 6.23. The lowest BCUT2D eigenvalue weighted by atomic mass is 9.92. The molecule has 1 heterocycles.